The van der Waals surface area contributed by atoms with E-state index in [0.717, 1.165) is 44.9 Å². The second-order valence-electron chi connectivity index (χ2n) is 10.1. The van der Waals surface area contributed by atoms with E-state index in [1.165, 1.54) is 17.5 Å². The molecule has 176 valence electrons. The van der Waals surface area contributed by atoms with Crippen LogP contribution >= 0.6 is 0 Å². The average molecular weight is 434 g/mol. The molecule has 1 heterocycles. The summed E-state index contributed by atoms with van der Waals surface area (Å²) in [5.74, 6) is 0. The number of benzene rings is 2. The van der Waals surface area contributed by atoms with Gasteiger partial charge in [-0.2, -0.15) is 0 Å². The number of nitrogens with one attached hydrogen (secondary N) is 1. The van der Waals surface area contributed by atoms with Gasteiger partial charge in [0.15, 0.2) is 0 Å². The van der Waals surface area contributed by atoms with Crippen LogP contribution in [0.15, 0.2) is 0 Å². The van der Waals surface area contributed by atoms with Crippen molar-refractivity contribution < 1.29 is 0 Å². The van der Waals surface area contributed by atoms with Crippen molar-refractivity contribution >= 4 is 21.8 Å². The summed E-state index contributed by atoms with van der Waals surface area (Å²) in [5.41, 5.74) is 15.9. The highest BCUT2D eigenvalue weighted by molar-refractivity contribution is 6.14. The Balaban J connectivity index is 2.75. The van der Waals surface area contributed by atoms with Gasteiger partial charge in [-0.1, -0.05) is 69.2 Å². The largest absolute Gasteiger partial charge is 0.354 e. The minimum Gasteiger partial charge on any atom is -0.354 e. The zero-order valence-corrected chi connectivity index (χ0v) is 22.7. The number of rotatable bonds is 9. The molecule has 0 saturated heterocycles. The first kappa shape index (κ1) is 24.9. The van der Waals surface area contributed by atoms with E-state index in [1.54, 1.807) is 55.3 Å². The zero-order chi connectivity index (χ0) is 23.8. The van der Waals surface area contributed by atoms with Crippen molar-refractivity contribution in [3.63, 3.8) is 0 Å². The average Bonchev–Trinajstić information content (AvgIpc) is 3.20. The zero-order valence-electron chi connectivity index (χ0n) is 22.7. The molecule has 32 heavy (non-hydrogen) atoms. The van der Waals surface area contributed by atoms with Gasteiger partial charge in [0.25, 0.3) is 0 Å². The van der Waals surface area contributed by atoms with Crippen molar-refractivity contribution in [1.82, 2.24) is 4.98 Å². The SMILES string of the molecule is CCc1c(CC)c(CC)c2c([nH]c3c(CC)c(C(C)(C)CC)c(CC)c(CC)c32)c1CC. The second kappa shape index (κ2) is 9.62. The van der Waals surface area contributed by atoms with Crippen LogP contribution in [0.5, 0.6) is 0 Å². The molecule has 3 rings (SSSR count). The van der Waals surface area contributed by atoms with E-state index in [4.69, 9.17) is 0 Å². The predicted octanol–water partition coefficient (Wildman–Crippen LogP) is 8.95. The molecule has 1 heteroatoms. The summed E-state index contributed by atoms with van der Waals surface area (Å²) in [5, 5.41) is 3.10. The summed E-state index contributed by atoms with van der Waals surface area (Å²) in [6.07, 6.45) is 8.94. The Bertz CT molecular complexity index is 1120. The maximum atomic E-state index is 4.08. The quantitative estimate of drug-likeness (QED) is 0.346. The predicted molar refractivity (Wildman–Crippen MR) is 145 cm³/mol. The van der Waals surface area contributed by atoms with E-state index >= 15 is 0 Å². The molecule has 0 aliphatic carbocycles. The van der Waals surface area contributed by atoms with Crippen molar-refractivity contribution in [2.75, 3.05) is 0 Å². The summed E-state index contributed by atoms with van der Waals surface area (Å²) in [6.45, 7) is 23.8. The molecule has 0 unspecified atom stereocenters. The van der Waals surface area contributed by atoms with Crippen molar-refractivity contribution in [3.05, 3.63) is 44.5 Å². The molecule has 0 fully saturated rings. The van der Waals surface area contributed by atoms with Crippen molar-refractivity contribution in [2.24, 2.45) is 0 Å². The summed E-state index contributed by atoms with van der Waals surface area (Å²) in [4.78, 5) is 4.08. The Morgan fingerprint density at radius 1 is 0.469 bits per heavy atom. The molecular weight excluding hydrogens is 386 g/mol. The molecule has 0 radical (unpaired) electrons. The third kappa shape index (κ3) is 3.51. The van der Waals surface area contributed by atoms with Crippen molar-refractivity contribution in [2.45, 2.75) is 126 Å². The third-order valence-corrected chi connectivity index (χ3v) is 8.30. The lowest BCUT2D eigenvalue weighted by Gasteiger charge is -2.31. The van der Waals surface area contributed by atoms with Gasteiger partial charge in [-0.25, -0.2) is 0 Å². The number of aromatic amines is 1. The first-order valence-corrected chi connectivity index (χ1v) is 13.5. The van der Waals surface area contributed by atoms with Gasteiger partial charge in [-0.15, -0.1) is 0 Å². The smallest absolute Gasteiger partial charge is 0.0503 e. The summed E-state index contributed by atoms with van der Waals surface area (Å²) in [7, 11) is 0. The Morgan fingerprint density at radius 3 is 1.25 bits per heavy atom. The van der Waals surface area contributed by atoms with E-state index in [0.29, 0.717) is 0 Å². The minimum atomic E-state index is 0.191. The fourth-order valence-corrected chi connectivity index (χ4v) is 6.59. The van der Waals surface area contributed by atoms with E-state index in [-0.39, 0.29) is 5.41 Å². The standard InChI is InChI=1S/C31H47N/c1-11-19-20(12-2)24(16-6)29-26(21(19)13-3)27-22(14-4)23(15-5)28(31(9,10)18-8)25(17-7)30(27)32-29/h32H,11-18H2,1-10H3. The molecule has 0 saturated carbocycles. The normalized spacial score (nSPS) is 12.4. The third-order valence-electron chi connectivity index (χ3n) is 8.30. The fraction of sp³-hybridized carbons (Fsp3) is 0.613. The number of hydrogen-bond acceptors (Lipinski definition) is 0. The van der Waals surface area contributed by atoms with E-state index in [2.05, 4.69) is 74.2 Å². The van der Waals surface area contributed by atoms with Crippen LogP contribution in [-0.4, -0.2) is 4.98 Å². The number of fused-ring (bicyclic) bond motifs is 3. The molecule has 0 spiro atoms. The summed E-state index contributed by atoms with van der Waals surface area (Å²) in [6, 6.07) is 0. The van der Waals surface area contributed by atoms with Gasteiger partial charge in [0.05, 0.1) is 11.0 Å². The number of hydrogen-bond donors (Lipinski definition) is 1. The van der Waals surface area contributed by atoms with Gasteiger partial charge in [-0.3, -0.25) is 0 Å². The maximum Gasteiger partial charge on any atom is 0.0503 e. The highest BCUT2D eigenvalue weighted by Crippen LogP contribution is 2.45. The van der Waals surface area contributed by atoms with Gasteiger partial charge < -0.3 is 4.98 Å². The highest BCUT2D eigenvalue weighted by atomic mass is 14.7. The van der Waals surface area contributed by atoms with Gasteiger partial charge in [-0.05, 0) is 101 Å². The molecule has 0 amide bonds. The molecule has 0 aliphatic heterocycles. The maximum absolute atomic E-state index is 4.08. The van der Waals surface area contributed by atoms with Crippen molar-refractivity contribution in [1.29, 1.82) is 0 Å². The van der Waals surface area contributed by atoms with Crippen LogP contribution in [0.3, 0.4) is 0 Å². The lowest BCUT2D eigenvalue weighted by Crippen LogP contribution is -2.22. The lowest BCUT2D eigenvalue weighted by atomic mass is 9.73. The monoisotopic (exact) mass is 433 g/mol. The molecule has 0 aliphatic rings. The molecule has 3 aromatic rings. The van der Waals surface area contributed by atoms with Gasteiger partial charge in [0.1, 0.15) is 0 Å². The van der Waals surface area contributed by atoms with Crippen LogP contribution in [0.1, 0.15) is 120 Å². The minimum absolute atomic E-state index is 0.191. The Hall–Kier alpha value is -1.76. The number of H-pyrrole nitrogens is 1. The number of aromatic nitrogens is 1. The molecule has 0 atom stereocenters. The van der Waals surface area contributed by atoms with Crippen LogP contribution < -0.4 is 0 Å². The Morgan fingerprint density at radius 2 is 0.844 bits per heavy atom. The van der Waals surface area contributed by atoms with Gasteiger partial charge in [0, 0.05) is 10.8 Å². The first-order valence-electron chi connectivity index (χ1n) is 13.5. The van der Waals surface area contributed by atoms with E-state index < -0.39 is 0 Å². The first-order chi connectivity index (χ1) is 15.3. The second-order valence-corrected chi connectivity index (χ2v) is 10.1. The topological polar surface area (TPSA) is 15.8 Å². The molecule has 1 aromatic heterocycles. The van der Waals surface area contributed by atoms with Crippen molar-refractivity contribution in [3.8, 4) is 0 Å². The molecule has 1 nitrogen and oxygen atoms in total. The van der Waals surface area contributed by atoms with Crippen LogP contribution in [0.4, 0.5) is 0 Å². The molecule has 2 aromatic carbocycles. The Labute approximate surface area is 197 Å². The van der Waals surface area contributed by atoms with Gasteiger partial charge in [0.2, 0.25) is 0 Å². The molecule has 1 N–H and O–H groups in total. The Kier molecular flexibility index (Phi) is 7.48. The molecular formula is C31H47N. The lowest BCUT2D eigenvalue weighted by molar-refractivity contribution is 0.497. The van der Waals surface area contributed by atoms with E-state index in [1.807, 2.05) is 0 Å². The summed E-state index contributed by atoms with van der Waals surface area (Å²) >= 11 is 0. The van der Waals surface area contributed by atoms with Crippen LogP contribution in [0.25, 0.3) is 21.8 Å². The number of aryl methyl sites for hydroxylation is 4. The van der Waals surface area contributed by atoms with Gasteiger partial charge >= 0.3 is 0 Å². The van der Waals surface area contributed by atoms with E-state index in [9.17, 15) is 0 Å². The van der Waals surface area contributed by atoms with Crippen LogP contribution in [0, 0.1) is 0 Å². The fourth-order valence-electron chi connectivity index (χ4n) is 6.59. The highest BCUT2D eigenvalue weighted by Gasteiger charge is 2.30. The summed E-state index contributed by atoms with van der Waals surface area (Å²) < 4.78 is 0. The van der Waals surface area contributed by atoms with Crippen LogP contribution in [-0.2, 0) is 50.4 Å². The van der Waals surface area contributed by atoms with Crippen LogP contribution in [0.2, 0.25) is 0 Å². The molecule has 0 bridgehead atoms.